The number of likely N-dealkylation sites (tertiary alicyclic amines) is 1. The van der Waals surface area contributed by atoms with Crippen molar-refractivity contribution in [3.8, 4) is 0 Å². The number of aromatic nitrogens is 4. The molecule has 5 rings (SSSR count). The Bertz CT molecular complexity index is 938. The number of carbonyl (C=O) groups excluding carboxylic acids is 1. The van der Waals surface area contributed by atoms with E-state index in [4.69, 9.17) is 0 Å². The third kappa shape index (κ3) is 2.70. The van der Waals surface area contributed by atoms with E-state index in [2.05, 4.69) is 15.2 Å². The van der Waals surface area contributed by atoms with Crippen LogP contribution in [0.2, 0.25) is 0 Å². The number of pyridine rings is 1. The van der Waals surface area contributed by atoms with Crippen LogP contribution in [0.15, 0.2) is 24.4 Å². The fourth-order valence-corrected chi connectivity index (χ4v) is 5.21. The molecule has 7 heteroatoms. The van der Waals surface area contributed by atoms with E-state index in [0.29, 0.717) is 11.6 Å². The van der Waals surface area contributed by atoms with Crippen LogP contribution in [0.25, 0.3) is 5.65 Å². The summed E-state index contributed by atoms with van der Waals surface area (Å²) in [5.74, 6) is 1.26. The molecule has 1 atom stereocenters. The van der Waals surface area contributed by atoms with Crippen LogP contribution in [-0.4, -0.2) is 43.5 Å². The second-order valence-electron chi connectivity index (χ2n) is 7.17. The maximum atomic E-state index is 13.0. The molecule has 26 heavy (non-hydrogen) atoms. The fraction of sp³-hybridized carbons (Fsp3) is 0.474. The van der Waals surface area contributed by atoms with Crippen molar-refractivity contribution in [1.29, 1.82) is 0 Å². The fourth-order valence-electron chi connectivity index (χ4n) is 4.09. The second-order valence-corrected chi connectivity index (χ2v) is 8.26. The van der Waals surface area contributed by atoms with Crippen molar-refractivity contribution in [1.82, 2.24) is 24.5 Å². The van der Waals surface area contributed by atoms with Gasteiger partial charge in [0.15, 0.2) is 10.7 Å². The summed E-state index contributed by atoms with van der Waals surface area (Å²) in [6.45, 7) is 1.50. The standard InChI is InChI=1S/C19H21N5OS/c25-19(18-20-14-7-1-2-8-15(14)26-18)23-10-5-6-13(12-23)17-22-21-16-9-3-4-11-24(16)17/h3-4,9,11,13H,1-2,5-8,10,12H2/t13-/m0/s1. The number of piperidine rings is 1. The van der Waals surface area contributed by atoms with Crippen molar-refractivity contribution in [2.24, 2.45) is 0 Å². The quantitative estimate of drug-likeness (QED) is 0.698. The van der Waals surface area contributed by atoms with E-state index < -0.39 is 0 Å². The van der Waals surface area contributed by atoms with E-state index in [9.17, 15) is 4.79 Å². The molecule has 0 N–H and O–H groups in total. The minimum absolute atomic E-state index is 0.0860. The third-order valence-corrected chi connectivity index (χ3v) is 6.59. The van der Waals surface area contributed by atoms with Gasteiger partial charge in [-0.15, -0.1) is 21.5 Å². The first-order valence-corrected chi connectivity index (χ1v) is 10.2. The Kier molecular flexibility index (Phi) is 3.96. The van der Waals surface area contributed by atoms with Crippen molar-refractivity contribution in [2.45, 2.75) is 44.4 Å². The van der Waals surface area contributed by atoms with E-state index in [0.717, 1.165) is 49.4 Å². The van der Waals surface area contributed by atoms with Crippen molar-refractivity contribution in [3.63, 3.8) is 0 Å². The van der Waals surface area contributed by atoms with Gasteiger partial charge < -0.3 is 4.90 Å². The van der Waals surface area contributed by atoms with Gasteiger partial charge in [0.05, 0.1) is 5.69 Å². The molecule has 134 valence electrons. The highest BCUT2D eigenvalue weighted by Crippen LogP contribution is 2.30. The van der Waals surface area contributed by atoms with E-state index in [-0.39, 0.29) is 11.8 Å². The molecule has 1 saturated heterocycles. The largest absolute Gasteiger partial charge is 0.336 e. The number of amides is 1. The highest BCUT2D eigenvalue weighted by atomic mass is 32.1. The molecule has 0 unspecified atom stereocenters. The maximum Gasteiger partial charge on any atom is 0.282 e. The summed E-state index contributed by atoms with van der Waals surface area (Å²) in [6, 6.07) is 5.92. The van der Waals surface area contributed by atoms with Crippen molar-refractivity contribution >= 4 is 22.9 Å². The second kappa shape index (κ2) is 6.46. The highest BCUT2D eigenvalue weighted by molar-refractivity contribution is 7.13. The third-order valence-electron chi connectivity index (χ3n) is 5.44. The zero-order valence-corrected chi connectivity index (χ0v) is 15.4. The van der Waals surface area contributed by atoms with Crippen molar-refractivity contribution in [2.75, 3.05) is 13.1 Å². The molecule has 4 heterocycles. The number of hydrogen-bond donors (Lipinski definition) is 0. The van der Waals surface area contributed by atoms with Crippen molar-refractivity contribution < 1.29 is 4.79 Å². The summed E-state index contributed by atoms with van der Waals surface area (Å²) in [6.07, 6.45) is 8.53. The van der Waals surface area contributed by atoms with Crippen LogP contribution < -0.4 is 0 Å². The van der Waals surface area contributed by atoms with Crippen LogP contribution in [0.1, 0.15) is 57.8 Å². The van der Waals surface area contributed by atoms with Crippen LogP contribution in [0.3, 0.4) is 0 Å². The van der Waals surface area contributed by atoms with Crippen LogP contribution in [0.4, 0.5) is 0 Å². The topological polar surface area (TPSA) is 63.4 Å². The average Bonchev–Trinajstić information content (AvgIpc) is 3.31. The van der Waals surface area contributed by atoms with Gasteiger partial charge in [-0.25, -0.2) is 4.98 Å². The number of aryl methyl sites for hydroxylation is 2. The zero-order chi connectivity index (χ0) is 17.5. The predicted molar refractivity (Wildman–Crippen MR) is 99.6 cm³/mol. The molecule has 3 aromatic rings. The molecule has 2 aliphatic rings. The lowest BCUT2D eigenvalue weighted by Crippen LogP contribution is -2.39. The first-order valence-electron chi connectivity index (χ1n) is 9.37. The van der Waals surface area contributed by atoms with Gasteiger partial charge in [-0.2, -0.15) is 0 Å². The lowest BCUT2D eigenvalue weighted by Gasteiger charge is -2.31. The molecule has 6 nitrogen and oxygen atoms in total. The Morgan fingerprint density at radius 2 is 2.08 bits per heavy atom. The Morgan fingerprint density at radius 1 is 1.15 bits per heavy atom. The smallest absolute Gasteiger partial charge is 0.282 e. The molecule has 0 aromatic carbocycles. The molecule has 1 aliphatic heterocycles. The lowest BCUT2D eigenvalue weighted by molar-refractivity contribution is 0.0703. The molecule has 3 aromatic heterocycles. The summed E-state index contributed by atoms with van der Waals surface area (Å²) in [5.41, 5.74) is 2.01. The normalized spacial score (nSPS) is 20.3. The summed E-state index contributed by atoms with van der Waals surface area (Å²) >= 11 is 1.60. The van der Waals surface area contributed by atoms with E-state index in [1.165, 1.54) is 17.7 Å². The number of rotatable bonds is 2. The zero-order valence-electron chi connectivity index (χ0n) is 14.6. The van der Waals surface area contributed by atoms with Gasteiger partial charge in [0.2, 0.25) is 0 Å². The number of thiazole rings is 1. The van der Waals surface area contributed by atoms with Crippen LogP contribution in [-0.2, 0) is 12.8 Å². The molecule has 0 bridgehead atoms. The molecule has 0 spiro atoms. The number of hydrogen-bond acceptors (Lipinski definition) is 5. The SMILES string of the molecule is O=C(c1nc2c(s1)CCCC2)N1CCC[C@H](c2nnc3ccccn23)C1. The summed E-state index contributed by atoms with van der Waals surface area (Å²) in [7, 11) is 0. The van der Waals surface area contributed by atoms with Gasteiger partial charge in [0.1, 0.15) is 5.82 Å². The van der Waals surface area contributed by atoms with E-state index >= 15 is 0 Å². The molecule has 1 aliphatic carbocycles. The molecule has 1 amide bonds. The highest BCUT2D eigenvalue weighted by Gasteiger charge is 2.30. The Hall–Kier alpha value is -2.28. The number of nitrogens with zero attached hydrogens (tertiary/aromatic N) is 5. The summed E-state index contributed by atoms with van der Waals surface area (Å²) in [4.78, 5) is 21.0. The molecular weight excluding hydrogens is 346 g/mol. The van der Waals surface area contributed by atoms with Gasteiger partial charge in [-0.1, -0.05) is 6.07 Å². The molecule has 0 radical (unpaired) electrons. The number of fused-ring (bicyclic) bond motifs is 2. The first-order chi connectivity index (χ1) is 12.8. The monoisotopic (exact) mass is 367 g/mol. The molecule has 1 fully saturated rings. The Morgan fingerprint density at radius 3 is 3.00 bits per heavy atom. The molecular formula is C19H21N5OS. The first kappa shape index (κ1) is 15.9. The lowest BCUT2D eigenvalue weighted by atomic mass is 9.97. The van der Waals surface area contributed by atoms with Crippen LogP contribution >= 0.6 is 11.3 Å². The predicted octanol–water partition coefficient (Wildman–Crippen LogP) is 3.08. The summed E-state index contributed by atoms with van der Waals surface area (Å²) < 4.78 is 2.04. The average molecular weight is 367 g/mol. The minimum Gasteiger partial charge on any atom is -0.336 e. The van der Waals surface area contributed by atoms with Gasteiger partial charge >= 0.3 is 0 Å². The van der Waals surface area contributed by atoms with E-state index in [1.54, 1.807) is 11.3 Å². The van der Waals surface area contributed by atoms with Crippen LogP contribution in [0, 0.1) is 0 Å². The van der Waals surface area contributed by atoms with E-state index in [1.807, 2.05) is 33.7 Å². The maximum absolute atomic E-state index is 13.0. The minimum atomic E-state index is 0.0860. The number of carbonyl (C=O) groups is 1. The molecule has 0 saturated carbocycles. The summed E-state index contributed by atoms with van der Waals surface area (Å²) in [5, 5.41) is 9.34. The Balaban J connectivity index is 1.38. The van der Waals surface area contributed by atoms with Gasteiger partial charge in [0, 0.05) is 30.1 Å². The van der Waals surface area contributed by atoms with Gasteiger partial charge in [0.25, 0.3) is 5.91 Å². The van der Waals surface area contributed by atoms with Gasteiger partial charge in [-0.3, -0.25) is 9.20 Å². The Labute approximate surface area is 155 Å². The van der Waals surface area contributed by atoms with Gasteiger partial charge in [-0.05, 0) is 50.7 Å². The van der Waals surface area contributed by atoms with Crippen LogP contribution in [0.5, 0.6) is 0 Å². The van der Waals surface area contributed by atoms with Crippen molar-refractivity contribution in [3.05, 3.63) is 45.8 Å².